The lowest BCUT2D eigenvalue weighted by Gasteiger charge is -2.14. The molecule has 2 aromatic carbocycles. The lowest BCUT2D eigenvalue weighted by molar-refractivity contribution is 0.359. The van der Waals surface area contributed by atoms with Crippen LogP contribution in [0.3, 0.4) is 0 Å². The number of ether oxygens (including phenoxy) is 2. The van der Waals surface area contributed by atoms with E-state index < -0.39 is 0 Å². The molecule has 1 heterocycles. The Morgan fingerprint density at radius 3 is 3.00 bits per heavy atom. The Balaban J connectivity index is 2.29. The molecule has 0 bridgehead atoms. The molecule has 0 saturated heterocycles. The van der Waals surface area contributed by atoms with E-state index in [1.54, 1.807) is 7.11 Å². The average Bonchev–Trinajstić information content (AvgIpc) is 2.38. The summed E-state index contributed by atoms with van der Waals surface area (Å²) < 4.78 is 10.8. The Morgan fingerprint density at radius 2 is 2.12 bits per heavy atom. The highest BCUT2D eigenvalue weighted by Crippen LogP contribution is 2.33. The van der Waals surface area contributed by atoms with Crippen LogP contribution < -0.4 is 9.47 Å². The fraction of sp³-hybridized carbons (Fsp3) is 0.143. The molecule has 0 atom stereocenters. The van der Waals surface area contributed by atoms with Crippen molar-refractivity contribution < 1.29 is 9.47 Å². The maximum Gasteiger partial charge on any atom is 0.127 e. The molecule has 0 saturated carbocycles. The monoisotopic (exact) mass is 212 g/mol. The van der Waals surface area contributed by atoms with Gasteiger partial charge in [0, 0.05) is 5.56 Å². The first-order valence-electron chi connectivity index (χ1n) is 5.28. The summed E-state index contributed by atoms with van der Waals surface area (Å²) in [7, 11) is 1.68. The minimum atomic E-state index is 0.661. The van der Waals surface area contributed by atoms with Crippen molar-refractivity contribution in [3.63, 3.8) is 0 Å². The van der Waals surface area contributed by atoms with E-state index in [9.17, 15) is 0 Å². The minimum Gasteiger partial charge on any atom is -0.497 e. The third-order valence-corrected chi connectivity index (χ3v) is 2.85. The maximum absolute atomic E-state index is 5.57. The van der Waals surface area contributed by atoms with E-state index in [1.807, 2.05) is 24.3 Å². The van der Waals surface area contributed by atoms with Crippen LogP contribution in [0.15, 0.2) is 36.4 Å². The highest BCUT2D eigenvalue weighted by atomic mass is 16.5. The molecule has 80 valence electrons. The lowest BCUT2D eigenvalue weighted by atomic mass is 10.0. The number of methoxy groups -OCH3 is 1. The molecule has 0 N–H and O–H groups in total. The van der Waals surface area contributed by atoms with E-state index in [2.05, 4.69) is 18.2 Å². The van der Waals surface area contributed by atoms with Gasteiger partial charge in [0.2, 0.25) is 0 Å². The van der Waals surface area contributed by atoms with Crippen molar-refractivity contribution in [1.82, 2.24) is 0 Å². The van der Waals surface area contributed by atoms with Gasteiger partial charge in [-0.05, 0) is 41.1 Å². The van der Waals surface area contributed by atoms with Gasteiger partial charge in [-0.15, -0.1) is 0 Å². The van der Waals surface area contributed by atoms with Crippen LogP contribution in [0.2, 0.25) is 0 Å². The Kier molecular flexibility index (Phi) is 2.07. The molecule has 1 aliphatic heterocycles. The topological polar surface area (TPSA) is 18.5 Å². The van der Waals surface area contributed by atoms with Gasteiger partial charge in [-0.2, -0.15) is 0 Å². The zero-order chi connectivity index (χ0) is 11.0. The van der Waals surface area contributed by atoms with Crippen LogP contribution in [0.4, 0.5) is 0 Å². The van der Waals surface area contributed by atoms with Crippen LogP contribution >= 0.6 is 0 Å². The molecule has 1 aliphatic rings. The number of benzene rings is 2. The van der Waals surface area contributed by atoms with E-state index >= 15 is 0 Å². The van der Waals surface area contributed by atoms with Crippen molar-refractivity contribution in [3.05, 3.63) is 42.0 Å². The average molecular weight is 212 g/mol. The Labute approximate surface area is 94.1 Å². The third-order valence-electron chi connectivity index (χ3n) is 2.85. The van der Waals surface area contributed by atoms with E-state index in [0.29, 0.717) is 6.61 Å². The molecular weight excluding hydrogens is 200 g/mol. The Hall–Kier alpha value is -1.96. The molecule has 2 nitrogen and oxygen atoms in total. The van der Waals surface area contributed by atoms with Crippen LogP contribution in [0, 0.1) is 0 Å². The van der Waals surface area contributed by atoms with E-state index in [0.717, 1.165) is 17.1 Å². The molecule has 0 aromatic heterocycles. The molecule has 0 spiro atoms. The van der Waals surface area contributed by atoms with Gasteiger partial charge in [0.05, 0.1) is 7.11 Å². The van der Waals surface area contributed by atoms with Gasteiger partial charge in [-0.3, -0.25) is 0 Å². The smallest absolute Gasteiger partial charge is 0.127 e. The first kappa shape index (κ1) is 9.28. The molecule has 3 rings (SSSR count). The second kappa shape index (κ2) is 3.56. The summed E-state index contributed by atoms with van der Waals surface area (Å²) in [5.74, 6) is 1.84. The number of rotatable bonds is 1. The summed E-state index contributed by atoms with van der Waals surface area (Å²) in [6, 6.07) is 10.2. The highest BCUT2D eigenvalue weighted by Gasteiger charge is 2.09. The summed E-state index contributed by atoms with van der Waals surface area (Å²) in [5, 5.41) is 2.38. The number of hydrogen-bond acceptors (Lipinski definition) is 2. The van der Waals surface area contributed by atoms with E-state index in [4.69, 9.17) is 9.47 Å². The maximum atomic E-state index is 5.57. The SMILES string of the molecule is COc1ccc2c3c(ccc2c1)OCC=C3. The zero-order valence-electron chi connectivity index (χ0n) is 9.07. The van der Waals surface area contributed by atoms with Crippen molar-refractivity contribution in [2.45, 2.75) is 0 Å². The van der Waals surface area contributed by atoms with Crippen LogP contribution in [-0.2, 0) is 0 Å². The molecule has 2 heteroatoms. The first-order chi connectivity index (χ1) is 7.88. The second-order valence-corrected chi connectivity index (χ2v) is 3.78. The lowest BCUT2D eigenvalue weighted by Crippen LogP contribution is -2.00. The molecule has 0 unspecified atom stereocenters. The summed E-state index contributed by atoms with van der Waals surface area (Å²) in [4.78, 5) is 0. The highest BCUT2D eigenvalue weighted by molar-refractivity contribution is 5.94. The zero-order valence-corrected chi connectivity index (χ0v) is 9.07. The summed E-state index contributed by atoms with van der Waals surface area (Å²) in [5.41, 5.74) is 1.16. The fourth-order valence-electron chi connectivity index (χ4n) is 2.04. The number of fused-ring (bicyclic) bond motifs is 3. The summed E-state index contributed by atoms with van der Waals surface area (Å²) >= 11 is 0. The van der Waals surface area contributed by atoms with Crippen LogP contribution in [0.1, 0.15) is 5.56 Å². The first-order valence-corrected chi connectivity index (χ1v) is 5.28. The normalized spacial score (nSPS) is 13.3. The quantitative estimate of drug-likeness (QED) is 0.722. The third kappa shape index (κ3) is 1.34. The van der Waals surface area contributed by atoms with Gasteiger partial charge in [0.25, 0.3) is 0 Å². The van der Waals surface area contributed by atoms with Crippen LogP contribution in [-0.4, -0.2) is 13.7 Å². The minimum absolute atomic E-state index is 0.661. The van der Waals surface area contributed by atoms with Crippen molar-refractivity contribution in [1.29, 1.82) is 0 Å². The Bertz CT molecular complexity index is 570. The van der Waals surface area contributed by atoms with Gasteiger partial charge in [0.15, 0.2) is 0 Å². The summed E-state index contributed by atoms with van der Waals surface area (Å²) in [6.07, 6.45) is 4.15. The van der Waals surface area contributed by atoms with Gasteiger partial charge in [-0.25, -0.2) is 0 Å². The molecule has 2 aromatic rings. The van der Waals surface area contributed by atoms with Gasteiger partial charge in [0.1, 0.15) is 18.1 Å². The van der Waals surface area contributed by atoms with Crippen LogP contribution in [0.25, 0.3) is 16.8 Å². The van der Waals surface area contributed by atoms with Crippen molar-refractivity contribution >= 4 is 16.8 Å². The summed E-state index contributed by atoms with van der Waals surface area (Å²) in [6.45, 7) is 0.661. The largest absolute Gasteiger partial charge is 0.497 e. The van der Waals surface area contributed by atoms with Gasteiger partial charge < -0.3 is 9.47 Å². The van der Waals surface area contributed by atoms with Crippen molar-refractivity contribution in [2.24, 2.45) is 0 Å². The molecule has 0 fully saturated rings. The van der Waals surface area contributed by atoms with Crippen molar-refractivity contribution in [3.8, 4) is 11.5 Å². The standard InChI is InChI=1S/C14H12O2/c1-15-11-5-6-12-10(9-11)4-7-14-13(12)3-2-8-16-14/h2-7,9H,8H2,1H3. The second-order valence-electron chi connectivity index (χ2n) is 3.78. The molecule has 0 amide bonds. The molecule has 0 radical (unpaired) electrons. The molecule has 16 heavy (non-hydrogen) atoms. The van der Waals surface area contributed by atoms with Crippen LogP contribution in [0.5, 0.6) is 11.5 Å². The van der Waals surface area contributed by atoms with Gasteiger partial charge in [-0.1, -0.05) is 12.1 Å². The predicted octanol–water partition coefficient (Wildman–Crippen LogP) is 3.25. The van der Waals surface area contributed by atoms with Crippen molar-refractivity contribution in [2.75, 3.05) is 13.7 Å². The van der Waals surface area contributed by atoms with Gasteiger partial charge >= 0.3 is 0 Å². The molecule has 0 aliphatic carbocycles. The predicted molar refractivity (Wildman–Crippen MR) is 65.0 cm³/mol. The Morgan fingerprint density at radius 1 is 1.19 bits per heavy atom. The fourth-order valence-corrected chi connectivity index (χ4v) is 2.04. The molecular formula is C14H12O2. The van der Waals surface area contributed by atoms with E-state index in [-0.39, 0.29) is 0 Å². The van der Waals surface area contributed by atoms with E-state index in [1.165, 1.54) is 10.8 Å². The number of hydrogen-bond donors (Lipinski definition) is 0.